The molecule has 0 radical (unpaired) electrons. The molecule has 0 aliphatic carbocycles. The van der Waals surface area contributed by atoms with Crippen LogP contribution >= 0.6 is 0 Å². The van der Waals surface area contributed by atoms with Crippen molar-refractivity contribution in [3.8, 4) is 0 Å². The van der Waals surface area contributed by atoms with E-state index in [4.69, 9.17) is 9.47 Å². The number of amides is 1. The van der Waals surface area contributed by atoms with Crippen LogP contribution < -0.4 is 5.32 Å². The van der Waals surface area contributed by atoms with Crippen LogP contribution in [0.2, 0.25) is 0 Å². The first kappa shape index (κ1) is 19.6. The van der Waals surface area contributed by atoms with Crippen LogP contribution in [0.15, 0.2) is 22.4 Å². The lowest BCUT2D eigenvalue weighted by molar-refractivity contribution is -0.225. The maximum atomic E-state index is 12.0. The third kappa shape index (κ3) is 3.94. The molecule has 1 saturated heterocycles. The molecule has 0 bridgehead atoms. The second-order valence-corrected chi connectivity index (χ2v) is 7.66. The Bertz CT molecular complexity index is 841. The molecule has 2 N–H and O–H groups in total. The fourth-order valence-electron chi connectivity index (χ4n) is 3.66. The van der Waals surface area contributed by atoms with Crippen molar-refractivity contribution in [3.05, 3.63) is 44.9 Å². The van der Waals surface area contributed by atoms with Crippen molar-refractivity contribution in [1.29, 1.82) is 0 Å². The van der Waals surface area contributed by atoms with Gasteiger partial charge in [-0.25, -0.2) is 0 Å². The Hall–Kier alpha value is -2.11. The Balaban J connectivity index is 1.94. The minimum atomic E-state index is -0.520. The van der Waals surface area contributed by atoms with E-state index >= 15 is 0 Å². The van der Waals surface area contributed by atoms with Crippen LogP contribution in [0, 0.1) is 6.92 Å². The van der Waals surface area contributed by atoms with E-state index in [1.165, 1.54) is 11.1 Å². The summed E-state index contributed by atoms with van der Waals surface area (Å²) in [7, 11) is 0. The summed E-state index contributed by atoms with van der Waals surface area (Å²) in [6.45, 7) is 13.2. The quantitative estimate of drug-likeness (QED) is 0.833. The molecular formula is C22H30N2O3. The topological polar surface area (TPSA) is 63.4 Å². The van der Waals surface area contributed by atoms with E-state index in [2.05, 4.69) is 43.2 Å². The molecule has 27 heavy (non-hydrogen) atoms. The van der Waals surface area contributed by atoms with Gasteiger partial charge in [0.05, 0.1) is 13.2 Å². The SMILES string of the molecule is CCC1=C(C)C(=O)N/C1=C\c1[nH]c(C=C2COC(C)(C)OC2)c(CC)c1C. The van der Waals surface area contributed by atoms with E-state index < -0.39 is 5.79 Å². The number of ether oxygens (including phenoxy) is 2. The molecule has 1 amide bonds. The third-order valence-corrected chi connectivity index (χ3v) is 5.37. The van der Waals surface area contributed by atoms with Crippen molar-refractivity contribution in [2.75, 3.05) is 13.2 Å². The zero-order valence-corrected chi connectivity index (χ0v) is 17.2. The molecule has 1 fully saturated rings. The first-order valence-corrected chi connectivity index (χ1v) is 9.67. The predicted molar refractivity (Wildman–Crippen MR) is 108 cm³/mol. The smallest absolute Gasteiger partial charge is 0.251 e. The van der Waals surface area contributed by atoms with Gasteiger partial charge in [-0.05, 0) is 75.0 Å². The van der Waals surface area contributed by atoms with Crippen molar-refractivity contribution >= 4 is 18.1 Å². The number of rotatable bonds is 4. The van der Waals surface area contributed by atoms with Crippen molar-refractivity contribution in [2.45, 2.75) is 60.2 Å². The van der Waals surface area contributed by atoms with Gasteiger partial charge in [-0.1, -0.05) is 13.8 Å². The molecule has 5 nitrogen and oxygen atoms in total. The van der Waals surface area contributed by atoms with Gasteiger partial charge < -0.3 is 19.8 Å². The van der Waals surface area contributed by atoms with Crippen molar-refractivity contribution in [3.63, 3.8) is 0 Å². The fourth-order valence-corrected chi connectivity index (χ4v) is 3.66. The monoisotopic (exact) mass is 370 g/mol. The number of nitrogens with one attached hydrogen (secondary N) is 2. The van der Waals surface area contributed by atoms with Crippen LogP contribution in [-0.2, 0) is 20.7 Å². The highest BCUT2D eigenvalue weighted by atomic mass is 16.7. The predicted octanol–water partition coefficient (Wildman–Crippen LogP) is 4.25. The Morgan fingerprint density at radius 3 is 2.30 bits per heavy atom. The van der Waals surface area contributed by atoms with Gasteiger partial charge in [0.25, 0.3) is 5.91 Å². The number of hydrogen-bond donors (Lipinski definition) is 2. The van der Waals surface area contributed by atoms with Crippen LogP contribution in [0.3, 0.4) is 0 Å². The molecule has 0 unspecified atom stereocenters. The molecule has 2 aliphatic rings. The van der Waals surface area contributed by atoms with E-state index in [-0.39, 0.29) is 5.91 Å². The molecule has 3 heterocycles. The van der Waals surface area contributed by atoms with Gasteiger partial charge >= 0.3 is 0 Å². The average molecular weight is 370 g/mol. The van der Waals surface area contributed by atoms with Crippen LogP contribution in [0.1, 0.15) is 63.6 Å². The minimum absolute atomic E-state index is 0.000478. The summed E-state index contributed by atoms with van der Waals surface area (Å²) >= 11 is 0. The lowest BCUT2D eigenvalue weighted by Crippen LogP contribution is -2.35. The number of hydrogen-bond acceptors (Lipinski definition) is 3. The van der Waals surface area contributed by atoms with Crippen LogP contribution in [0.4, 0.5) is 0 Å². The Morgan fingerprint density at radius 1 is 1.04 bits per heavy atom. The molecule has 2 aliphatic heterocycles. The normalized spacial score (nSPS) is 21.2. The van der Waals surface area contributed by atoms with E-state index in [0.717, 1.165) is 46.6 Å². The fraction of sp³-hybridized carbons (Fsp3) is 0.500. The van der Waals surface area contributed by atoms with Gasteiger partial charge in [0.2, 0.25) is 0 Å². The van der Waals surface area contributed by atoms with Crippen molar-refractivity contribution in [1.82, 2.24) is 10.3 Å². The summed E-state index contributed by atoms with van der Waals surface area (Å²) in [6.07, 6.45) is 5.96. The number of allylic oxidation sites excluding steroid dienone is 1. The van der Waals surface area contributed by atoms with E-state index in [1.54, 1.807) is 0 Å². The zero-order valence-electron chi connectivity index (χ0n) is 17.2. The zero-order chi connectivity index (χ0) is 19.8. The first-order valence-electron chi connectivity index (χ1n) is 9.67. The van der Waals surface area contributed by atoms with E-state index in [1.807, 2.05) is 20.8 Å². The second kappa shape index (κ2) is 7.49. The average Bonchev–Trinajstić information content (AvgIpc) is 3.06. The number of aromatic nitrogens is 1. The Morgan fingerprint density at radius 2 is 1.70 bits per heavy atom. The largest absolute Gasteiger partial charge is 0.355 e. The lowest BCUT2D eigenvalue weighted by atomic mass is 10.0. The van der Waals surface area contributed by atoms with Crippen LogP contribution in [-0.4, -0.2) is 29.9 Å². The molecule has 146 valence electrons. The summed E-state index contributed by atoms with van der Waals surface area (Å²) in [5, 5.41) is 2.99. The van der Waals surface area contributed by atoms with Gasteiger partial charge in [0.15, 0.2) is 5.79 Å². The third-order valence-electron chi connectivity index (χ3n) is 5.37. The Kier molecular flexibility index (Phi) is 5.45. The van der Waals surface area contributed by atoms with Gasteiger partial charge in [-0.2, -0.15) is 0 Å². The number of carbonyl (C=O) groups is 1. The van der Waals surface area contributed by atoms with E-state index in [9.17, 15) is 4.79 Å². The summed E-state index contributed by atoms with van der Waals surface area (Å²) in [4.78, 5) is 15.5. The standard InChI is InChI=1S/C22H30N2O3/c1-7-16-13(3)18(10-20-17(8-2)14(4)21(25)24-20)23-19(16)9-15-11-26-22(5,6)27-12-15/h9-10,23H,7-8,11-12H2,1-6H3,(H,24,25)/b20-10-. The van der Waals surface area contributed by atoms with Crippen LogP contribution in [0.25, 0.3) is 12.2 Å². The highest BCUT2D eigenvalue weighted by molar-refractivity contribution is 6.00. The second-order valence-electron chi connectivity index (χ2n) is 7.66. The number of carbonyl (C=O) groups excluding carboxylic acids is 1. The maximum Gasteiger partial charge on any atom is 0.251 e. The lowest BCUT2D eigenvalue weighted by Gasteiger charge is -2.31. The number of H-pyrrole nitrogens is 1. The van der Waals surface area contributed by atoms with Gasteiger partial charge in [-0.15, -0.1) is 0 Å². The molecule has 0 atom stereocenters. The highest BCUT2D eigenvalue weighted by Crippen LogP contribution is 2.29. The molecule has 5 heteroatoms. The maximum absolute atomic E-state index is 12.0. The molecule has 0 aromatic carbocycles. The summed E-state index contributed by atoms with van der Waals surface area (Å²) in [5.74, 6) is -0.521. The summed E-state index contributed by atoms with van der Waals surface area (Å²) < 4.78 is 11.5. The molecule has 0 spiro atoms. The molecule has 0 saturated carbocycles. The molecule has 3 rings (SSSR count). The molecule has 1 aromatic heterocycles. The summed E-state index contributed by atoms with van der Waals surface area (Å²) in [6, 6.07) is 0. The first-order chi connectivity index (χ1) is 12.8. The summed E-state index contributed by atoms with van der Waals surface area (Å²) in [5.41, 5.74) is 8.53. The van der Waals surface area contributed by atoms with Gasteiger partial charge in [0, 0.05) is 22.7 Å². The number of aromatic amines is 1. The highest BCUT2D eigenvalue weighted by Gasteiger charge is 2.26. The van der Waals surface area contributed by atoms with Gasteiger partial charge in [0.1, 0.15) is 0 Å². The Labute approximate surface area is 161 Å². The molecule has 1 aromatic rings. The van der Waals surface area contributed by atoms with E-state index in [0.29, 0.717) is 13.2 Å². The minimum Gasteiger partial charge on any atom is -0.355 e. The van der Waals surface area contributed by atoms with Crippen LogP contribution in [0.5, 0.6) is 0 Å². The molecular weight excluding hydrogens is 340 g/mol. The van der Waals surface area contributed by atoms with Crippen molar-refractivity contribution < 1.29 is 14.3 Å². The van der Waals surface area contributed by atoms with Crippen molar-refractivity contribution in [2.24, 2.45) is 0 Å². The van der Waals surface area contributed by atoms with Gasteiger partial charge in [-0.3, -0.25) is 4.79 Å².